The Hall–Kier alpha value is -0.530. The summed E-state index contributed by atoms with van der Waals surface area (Å²) in [5.74, 6) is 0.621. The van der Waals surface area contributed by atoms with E-state index in [2.05, 4.69) is 9.89 Å². The second-order valence-corrected chi connectivity index (χ2v) is 5.26. The van der Waals surface area contributed by atoms with Crippen molar-refractivity contribution in [2.75, 3.05) is 26.2 Å². The third kappa shape index (κ3) is 9.92. The maximum Gasteiger partial charge on any atom is 0.305 e. The maximum absolute atomic E-state index is 11.1. The van der Waals surface area contributed by atoms with Gasteiger partial charge in [0, 0.05) is 26.1 Å². The average Bonchev–Trinajstić information content (AvgIpc) is 2.47. The standard InChI is InChI=1S/C15H29N3O2.HI/c1-2-20-14(19)10-6-3-4-7-11-17-15(16)18-12-8-5-9-13-18;/h2-13H2,1H3,(H2,16,17);1H. The second-order valence-electron chi connectivity index (χ2n) is 5.26. The number of nitrogens with two attached hydrogens (primary N) is 1. The van der Waals surface area contributed by atoms with Gasteiger partial charge in [0.1, 0.15) is 0 Å². The number of rotatable bonds is 8. The normalized spacial score (nSPS) is 15.5. The lowest BCUT2D eigenvalue weighted by Gasteiger charge is -2.27. The highest BCUT2D eigenvalue weighted by molar-refractivity contribution is 14.0. The summed E-state index contributed by atoms with van der Waals surface area (Å²) in [5, 5.41) is 0. The number of halogens is 1. The predicted molar refractivity (Wildman–Crippen MR) is 97.0 cm³/mol. The number of hydrogen-bond acceptors (Lipinski definition) is 3. The van der Waals surface area contributed by atoms with E-state index in [1.54, 1.807) is 0 Å². The van der Waals surface area contributed by atoms with Gasteiger partial charge in [0.15, 0.2) is 5.96 Å². The number of esters is 1. The molecule has 1 saturated heterocycles. The monoisotopic (exact) mass is 411 g/mol. The van der Waals surface area contributed by atoms with E-state index in [-0.39, 0.29) is 29.9 Å². The lowest BCUT2D eigenvalue weighted by atomic mass is 10.1. The van der Waals surface area contributed by atoms with Crippen LogP contribution in [0.4, 0.5) is 0 Å². The molecule has 0 aliphatic carbocycles. The average molecular weight is 411 g/mol. The fraction of sp³-hybridized carbons (Fsp3) is 0.867. The van der Waals surface area contributed by atoms with Gasteiger partial charge in [-0.3, -0.25) is 9.79 Å². The van der Waals surface area contributed by atoms with Crippen molar-refractivity contribution in [3.63, 3.8) is 0 Å². The number of guanidine groups is 1. The van der Waals surface area contributed by atoms with Gasteiger partial charge in [-0.1, -0.05) is 12.8 Å². The van der Waals surface area contributed by atoms with Gasteiger partial charge in [0.25, 0.3) is 0 Å². The molecule has 2 N–H and O–H groups in total. The minimum Gasteiger partial charge on any atom is -0.466 e. The van der Waals surface area contributed by atoms with Crippen LogP contribution in [0.2, 0.25) is 0 Å². The fourth-order valence-corrected chi connectivity index (χ4v) is 2.38. The Labute approximate surface area is 145 Å². The summed E-state index contributed by atoms with van der Waals surface area (Å²) < 4.78 is 4.89. The molecule has 0 radical (unpaired) electrons. The number of nitrogens with zero attached hydrogens (tertiary/aromatic N) is 2. The molecule has 1 rings (SSSR count). The summed E-state index contributed by atoms with van der Waals surface area (Å²) in [5.41, 5.74) is 5.98. The number of carbonyl (C=O) groups excluding carboxylic acids is 1. The van der Waals surface area contributed by atoms with E-state index in [9.17, 15) is 4.79 Å². The first-order valence-electron chi connectivity index (χ1n) is 7.94. The minimum atomic E-state index is -0.0835. The van der Waals surface area contributed by atoms with E-state index in [0.29, 0.717) is 19.0 Å². The molecule has 0 aromatic carbocycles. The highest BCUT2D eigenvalue weighted by Crippen LogP contribution is 2.08. The number of unbranched alkanes of at least 4 members (excludes halogenated alkanes) is 3. The molecule has 1 heterocycles. The smallest absolute Gasteiger partial charge is 0.305 e. The van der Waals surface area contributed by atoms with Crippen molar-refractivity contribution in [1.29, 1.82) is 0 Å². The molecule has 0 aromatic rings. The number of piperidine rings is 1. The van der Waals surface area contributed by atoms with E-state index in [1.807, 2.05) is 6.92 Å². The fourth-order valence-electron chi connectivity index (χ4n) is 2.38. The zero-order valence-corrected chi connectivity index (χ0v) is 15.5. The van der Waals surface area contributed by atoms with Gasteiger partial charge in [-0.05, 0) is 39.0 Å². The largest absolute Gasteiger partial charge is 0.466 e. The van der Waals surface area contributed by atoms with Crippen molar-refractivity contribution < 1.29 is 9.53 Å². The molecular weight excluding hydrogens is 381 g/mol. The maximum atomic E-state index is 11.1. The summed E-state index contributed by atoms with van der Waals surface area (Å²) >= 11 is 0. The van der Waals surface area contributed by atoms with Gasteiger partial charge in [0.05, 0.1) is 6.61 Å². The first-order chi connectivity index (χ1) is 9.74. The third-order valence-electron chi connectivity index (χ3n) is 3.55. The Morgan fingerprint density at radius 3 is 2.48 bits per heavy atom. The van der Waals surface area contributed by atoms with Crippen molar-refractivity contribution in [3.8, 4) is 0 Å². The predicted octanol–water partition coefficient (Wildman–Crippen LogP) is 2.92. The van der Waals surface area contributed by atoms with E-state index in [1.165, 1.54) is 19.3 Å². The van der Waals surface area contributed by atoms with E-state index >= 15 is 0 Å². The molecule has 1 aliphatic heterocycles. The Morgan fingerprint density at radius 1 is 1.14 bits per heavy atom. The van der Waals surface area contributed by atoms with Gasteiger partial charge in [-0.15, -0.1) is 24.0 Å². The van der Waals surface area contributed by atoms with Crippen LogP contribution in [-0.4, -0.2) is 43.1 Å². The van der Waals surface area contributed by atoms with Crippen LogP contribution in [0.3, 0.4) is 0 Å². The minimum absolute atomic E-state index is 0. The molecule has 0 unspecified atom stereocenters. The van der Waals surface area contributed by atoms with Crippen molar-refractivity contribution in [3.05, 3.63) is 0 Å². The first kappa shape index (κ1) is 20.5. The third-order valence-corrected chi connectivity index (χ3v) is 3.55. The molecule has 1 aliphatic rings. The molecular formula is C15H30IN3O2. The molecule has 0 amide bonds. The van der Waals surface area contributed by atoms with Crippen LogP contribution in [0.25, 0.3) is 0 Å². The van der Waals surface area contributed by atoms with Gasteiger partial charge in [-0.25, -0.2) is 0 Å². The molecule has 124 valence electrons. The van der Waals surface area contributed by atoms with Gasteiger partial charge >= 0.3 is 5.97 Å². The molecule has 0 saturated carbocycles. The number of aliphatic imine (C=N–C) groups is 1. The number of ether oxygens (including phenoxy) is 1. The Bertz CT molecular complexity index is 305. The summed E-state index contributed by atoms with van der Waals surface area (Å²) in [4.78, 5) is 17.8. The van der Waals surface area contributed by atoms with Crippen LogP contribution in [-0.2, 0) is 9.53 Å². The van der Waals surface area contributed by atoms with Crippen LogP contribution in [0, 0.1) is 0 Å². The van der Waals surface area contributed by atoms with Gasteiger partial charge in [-0.2, -0.15) is 0 Å². The van der Waals surface area contributed by atoms with Crippen molar-refractivity contribution in [1.82, 2.24) is 4.90 Å². The van der Waals surface area contributed by atoms with Crippen LogP contribution in [0.5, 0.6) is 0 Å². The SMILES string of the molecule is CCOC(=O)CCCCCCN=C(N)N1CCCCC1.I. The lowest BCUT2D eigenvalue weighted by molar-refractivity contribution is -0.143. The van der Waals surface area contributed by atoms with Crippen LogP contribution >= 0.6 is 24.0 Å². The van der Waals surface area contributed by atoms with Crippen molar-refractivity contribution in [2.24, 2.45) is 10.7 Å². The van der Waals surface area contributed by atoms with Crippen molar-refractivity contribution in [2.45, 2.75) is 58.3 Å². The van der Waals surface area contributed by atoms with Crippen LogP contribution < -0.4 is 5.73 Å². The number of carbonyl (C=O) groups is 1. The molecule has 1 fully saturated rings. The molecule has 0 atom stereocenters. The summed E-state index contributed by atoms with van der Waals surface area (Å²) in [7, 11) is 0. The summed E-state index contributed by atoms with van der Waals surface area (Å²) in [6, 6.07) is 0. The van der Waals surface area contributed by atoms with Crippen molar-refractivity contribution >= 4 is 35.9 Å². The summed E-state index contributed by atoms with van der Waals surface area (Å²) in [6.45, 7) is 5.21. The first-order valence-corrected chi connectivity index (χ1v) is 7.94. The zero-order valence-electron chi connectivity index (χ0n) is 13.2. The van der Waals surface area contributed by atoms with Gasteiger partial charge < -0.3 is 15.4 Å². The number of likely N-dealkylation sites (tertiary alicyclic amines) is 1. The Balaban J connectivity index is 0.00000400. The number of hydrogen-bond donors (Lipinski definition) is 1. The molecule has 21 heavy (non-hydrogen) atoms. The Kier molecular flexibility index (Phi) is 12.8. The molecule has 0 spiro atoms. The molecule has 0 bridgehead atoms. The van der Waals surface area contributed by atoms with Crippen LogP contribution in [0.1, 0.15) is 58.3 Å². The van der Waals surface area contributed by atoms with E-state index in [0.717, 1.165) is 45.3 Å². The Morgan fingerprint density at radius 2 is 1.81 bits per heavy atom. The highest BCUT2D eigenvalue weighted by atomic mass is 127. The molecule has 0 aromatic heterocycles. The van der Waals surface area contributed by atoms with E-state index in [4.69, 9.17) is 10.5 Å². The van der Waals surface area contributed by atoms with Gasteiger partial charge in [0.2, 0.25) is 0 Å². The molecule has 5 nitrogen and oxygen atoms in total. The lowest BCUT2D eigenvalue weighted by Crippen LogP contribution is -2.40. The topological polar surface area (TPSA) is 67.9 Å². The molecule has 6 heteroatoms. The van der Waals surface area contributed by atoms with Crippen LogP contribution in [0.15, 0.2) is 4.99 Å². The summed E-state index contributed by atoms with van der Waals surface area (Å²) in [6.07, 6.45) is 8.39. The quantitative estimate of drug-likeness (QED) is 0.219. The second kappa shape index (κ2) is 13.2. The highest BCUT2D eigenvalue weighted by Gasteiger charge is 2.11. The zero-order chi connectivity index (χ0) is 14.6. The van der Waals surface area contributed by atoms with E-state index < -0.39 is 0 Å².